The van der Waals surface area contributed by atoms with Gasteiger partial charge in [-0.25, -0.2) is 0 Å². The van der Waals surface area contributed by atoms with Crippen molar-refractivity contribution in [3.05, 3.63) is 64.7 Å². The van der Waals surface area contributed by atoms with E-state index in [-0.39, 0.29) is 23.6 Å². The molecule has 1 unspecified atom stereocenters. The molecule has 9 heteroatoms. The first kappa shape index (κ1) is 22.6. The van der Waals surface area contributed by atoms with E-state index in [1.165, 1.54) is 11.3 Å². The molecule has 4 rings (SSSR count). The minimum absolute atomic E-state index is 0.0528. The van der Waals surface area contributed by atoms with E-state index in [0.717, 1.165) is 22.7 Å². The molecule has 1 aliphatic heterocycles. The summed E-state index contributed by atoms with van der Waals surface area (Å²) in [6.07, 6.45) is 1.53. The van der Waals surface area contributed by atoms with E-state index >= 15 is 0 Å². The second-order valence-electron chi connectivity index (χ2n) is 7.97. The van der Waals surface area contributed by atoms with E-state index in [2.05, 4.69) is 20.8 Å². The summed E-state index contributed by atoms with van der Waals surface area (Å²) in [6, 6.07) is 14.6. The van der Waals surface area contributed by atoms with E-state index in [1.54, 1.807) is 29.2 Å². The lowest BCUT2D eigenvalue weighted by Gasteiger charge is -2.18. The third-order valence-corrected chi connectivity index (χ3v) is 6.43. The second kappa shape index (κ2) is 9.91. The zero-order chi connectivity index (χ0) is 23.4. The Balaban J connectivity index is 1.41. The maximum Gasteiger partial charge on any atom is 0.257 e. The number of anilines is 3. The summed E-state index contributed by atoms with van der Waals surface area (Å²) in [5.41, 5.74) is 2.93. The average Bonchev–Trinajstić information content (AvgIpc) is 3.41. The lowest BCUT2D eigenvalue weighted by molar-refractivity contribution is -0.117. The quantitative estimate of drug-likeness (QED) is 0.542. The van der Waals surface area contributed by atoms with Crippen molar-refractivity contribution in [2.75, 3.05) is 22.1 Å². The monoisotopic (exact) mass is 463 g/mol. The first-order valence-electron chi connectivity index (χ1n) is 10.8. The molecule has 3 amide bonds. The normalized spacial score (nSPS) is 15.5. The number of nitrogens with one attached hydrogen (secondary N) is 2. The van der Waals surface area contributed by atoms with Crippen LogP contribution in [0.1, 0.15) is 53.0 Å². The summed E-state index contributed by atoms with van der Waals surface area (Å²) >= 11 is 1.28. The van der Waals surface area contributed by atoms with Gasteiger partial charge in [0.15, 0.2) is 0 Å². The molecular weight excluding hydrogens is 438 g/mol. The molecule has 1 atom stereocenters. The number of benzene rings is 2. The van der Waals surface area contributed by atoms with E-state index in [0.29, 0.717) is 35.8 Å². The van der Waals surface area contributed by atoms with Crippen molar-refractivity contribution < 1.29 is 14.4 Å². The number of aryl methyl sites for hydroxylation is 1. The Morgan fingerprint density at radius 2 is 1.94 bits per heavy atom. The van der Waals surface area contributed by atoms with E-state index in [1.807, 2.05) is 38.1 Å². The highest BCUT2D eigenvalue weighted by Gasteiger charge is 2.34. The van der Waals surface area contributed by atoms with Gasteiger partial charge in [0.25, 0.3) is 5.91 Å². The molecule has 2 aromatic carbocycles. The molecule has 2 heterocycles. The minimum Gasteiger partial charge on any atom is -0.326 e. The van der Waals surface area contributed by atoms with Crippen LogP contribution in [0.15, 0.2) is 48.5 Å². The van der Waals surface area contributed by atoms with Gasteiger partial charge in [-0.15, -0.1) is 10.2 Å². The highest BCUT2D eigenvalue weighted by molar-refractivity contribution is 7.15. The van der Waals surface area contributed by atoms with E-state index < -0.39 is 0 Å². The molecule has 1 aliphatic rings. The van der Waals surface area contributed by atoms with Crippen LogP contribution in [0.25, 0.3) is 0 Å². The summed E-state index contributed by atoms with van der Waals surface area (Å²) in [7, 11) is 0. The predicted octanol–water partition coefficient (Wildman–Crippen LogP) is 4.36. The fourth-order valence-electron chi connectivity index (χ4n) is 3.78. The molecule has 0 spiro atoms. The Morgan fingerprint density at radius 3 is 2.73 bits per heavy atom. The first-order valence-corrected chi connectivity index (χ1v) is 11.7. The minimum atomic E-state index is -0.340. The molecule has 1 saturated heterocycles. The number of para-hydroxylation sites is 1. The van der Waals surface area contributed by atoms with Crippen LogP contribution >= 0.6 is 11.3 Å². The van der Waals surface area contributed by atoms with Crippen molar-refractivity contribution in [3.63, 3.8) is 0 Å². The van der Waals surface area contributed by atoms with Gasteiger partial charge in [0.1, 0.15) is 5.01 Å². The number of nitrogens with zero attached hydrogens (tertiary/aromatic N) is 3. The molecule has 33 heavy (non-hydrogen) atoms. The Bertz CT molecular complexity index is 1190. The Kier molecular flexibility index (Phi) is 6.79. The molecule has 2 N–H and O–H groups in total. The summed E-state index contributed by atoms with van der Waals surface area (Å²) in [4.78, 5) is 38.9. The van der Waals surface area contributed by atoms with Gasteiger partial charge < -0.3 is 10.2 Å². The molecule has 0 saturated carbocycles. The Morgan fingerprint density at radius 1 is 1.12 bits per heavy atom. The molecule has 3 aromatic rings. The summed E-state index contributed by atoms with van der Waals surface area (Å²) < 4.78 is 0. The Labute approximate surface area is 196 Å². The average molecular weight is 464 g/mol. The van der Waals surface area contributed by atoms with Gasteiger partial charge in [-0.3, -0.25) is 19.7 Å². The standard InChI is InChI=1S/C24H25N5O3S/c1-3-7-20(30)25-18-10-6-9-16(12-18)22(32)26-24-28-27-23(33-24)17-13-21(31)29(14-17)19-11-5-4-8-15(19)2/h4-6,8-12,17H,3,7,13-14H2,1-2H3,(H,25,30)(H,26,28,32). The van der Waals surface area contributed by atoms with E-state index in [9.17, 15) is 14.4 Å². The van der Waals surface area contributed by atoms with Crippen LogP contribution in [0.3, 0.4) is 0 Å². The summed E-state index contributed by atoms with van der Waals surface area (Å²) in [5.74, 6) is -0.447. The molecular formula is C24H25N5O3S. The number of carbonyl (C=O) groups is 3. The van der Waals surface area contributed by atoms with Crippen molar-refractivity contribution >= 4 is 45.6 Å². The molecule has 1 fully saturated rings. The lowest BCUT2D eigenvalue weighted by Crippen LogP contribution is -2.25. The van der Waals surface area contributed by atoms with Crippen molar-refractivity contribution in [1.29, 1.82) is 0 Å². The number of aromatic nitrogens is 2. The fourth-order valence-corrected chi connectivity index (χ4v) is 4.61. The van der Waals surface area contributed by atoms with Crippen LogP contribution in [0.5, 0.6) is 0 Å². The van der Waals surface area contributed by atoms with Crippen molar-refractivity contribution in [1.82, 2.24) is 10.2 Å². The van der Waals surface area contributed by atoms with Crippen molar-refractivity contribution in [3.8, 4) is 0 Å². The van der Waals surface area contributed by atoms with Gasteiger partial charge in [-0.1, -0.05) is 42.5 Å². The van der Waals surface area contributed by atoms with E-state index in [4.69, 9.17) is 0 Å². The lowest BCUT2D eigenvalue weighted by atomic mass is 10.1. The van der Waals surface area contributed by atoms with Gasteiger partial charge in [-0.2, -0.15) is 0 Å². The van der Waals surface area contributed by atoms with Gasteiger partial charge in [0, 0.05) is 42.2 Å². The van der Waals surface area contributed by atoms with Crippen LogP contribution in [0.4, 0.5) is 16.5 Å². The van der Waals surface area contributed by atoms with Crippen LogP contribution < -0.4 is 15.5 Å². The highest BCUT2D eigenvalue weighted by Crippen LogP contribution is 2.35. The zero-order valence-corrected chi connectivity index (χ0v) is 19.3. The van der Waals surface area contributed by atoms with Crippen LogP contribution in [-0.4, -0.2) is 34.5 Å². The van der Waals surface area contributed by atoms with Crippen LogP contribution in [0, 0.1) is 6.92 Å². The molecule has 0 aliphatic carbocycles. The number of hydrogen-bond acceptors (Lipinski definition) is 6. The number of amides is 3. The summed E-state index contributed by atoms with van der Waals surface area (Å²) in [5, 5.41) is 15.0. The van der Waals surface area contributed by atoms with Gasteiger partial charge in [-0.05, 0) is 43.2 Å². The van der Waals surface area contributed by atoms with Crippen molar-refractivity contribution in [2.45, 2.75) is 39.0 Å². The Hall–Kier alpha value is -3.59. The third kappa shape index (κ3) is 5.25. The largest absolute Gasteiger partial charge is 0.326 e. The highest BCUT2D eigenvalue weighted by atomic mass is 32.1. The molecule has 0 radical (unpaired) electrons. The molecule has 8 nitrogen and oxygen atoms in total. The van der Waals surface area contributed by atoms with Gasteiger partial charge in [0.2, 0.25) is 16.9 Å². The first-order chi connectivity index (χ1) is 15.9. The maximum atomic E-state index is 12.7. The maximum absolute atomic E-state index is 12.7. The number of rotatable bonds is 7. The van der Waals surface area contributed by atoms with Gasteiger partial charge >= 0.3 is 0 Å². The number of carbonyl (C=O) groups excluding carboxylic acids is 3. The predicted molar refractivity (Wildman–Crippen MR) is 129 cm³/mol. The molecule has 170 valence electrons. The topological polar surface area (TPSA) is 104 Å². The van der Waals surface area contributed by atoms with Crippen molar-refractivity contribution in [2.24, 2.45) is 0 Å². The molecule has 1 aromatic heterocycles. The van der Waals surface area contributed by atoms with Gasteiger partial charge in [0.05, 0.1) is 0 Å². The van der Waals surface area contributed by atoms with Crippen LogP contribution in [-0.2, 0) is 9.59 Å². The third-order valence-electron chi connectivity index (χ3n) is 5.43. The SMILES string of the molecule is CCCC(=O)Nc1cccc(C(=O)Nc2nnc(C3CC(=O)N(c4ccccc4C)C3)s2)c1. The smallest absolute Gasteiger partial charge is 0.257 e. The number of hydrogen-bond donors (Lipinski definition) is 2. The summed E-state index contributed by atoms with van der Waals surface area (Å²) in [6.45, 7) is 4.45. The van der Waals surface area contributed by atoms with Crippen LogP contribution in [0.2, 0.25) is 0 Å². The fraction of sp³-hybridized carbons (Fsp3) is 0.292. The second-order valence-corrected chi connectivity index (χ2v) is 8.98. The zero-order valence-electron chi connectivity index (χ0n) is 18.5. The molecule has 0 bridgehead atoms.